The average molecular weight is 281 g/mol. The van der Waals surface area contributed by atoms with Gasteiger partial charge in [-0.1, -0.05) is 48.5 Å². The maximum Gasteiger partial charge on any atom is 0.258 e. The molecule has 5 nitrogen and oxygen atoms in total. The molecule has 3 N–H and O–H groups in total. The summed E-state index contributed by atoms with van der Waals surface area (Å²) in [5.41, 5.74) is 6.96. The summed E-state index contributed by atoms with van der Waals surface area (Å²) < 4.78 is 0. The first-order valence-electron chi connectivity index (χ1n) is 6.72. The fraction of sp³-hybridized carbons (Fsp3) is 0.125. The third kappa shape index (κ3) is 2.78. The standard InChI is InChI=1S/C16H15N3O2/c20-15(12-9-5-2-6-10-12)17-14-13(18-19-16(14)21)11-7-3-1-4-8-11/h1-10,13-14,18H,(H,17,20)(H,19,21)/t13-,14+/m1/s1. The molecule has 1 heterocycles. The first kappa shape index (κ1) is 13.3. The Morgan fingerprint density at radius 1 is 0.952 bits per heavy atom. The summed E-state index contributed by atoms with van der Waals surface area (Å²) in [5.74, 6) is -0.506. The molecule has 0 aliphatic carbocycles. The molecule has 2 aromatic rings. The molecule has 2 amide bonds. The topological polar surface area (TPSA) is 70.2 Å². The van der Waals surface area contributed by atoms with Gasteiger partial charge in [-0.05, 0) is 17.7 Å². The molecule has 0 bridgehead atoms. The third-order valence-electron chi connectivity index (χ3n) is 3.45. The van der Waals surface area contributed by atoms with Crippen LogP contribution in [0.4, 0.5) is 0 Å². The Labute approximate surface area is 122 Å². The molecule has 0 spiro atoms. The first-order valence-corrected chi connectivity index (χ1v) is 6.72. The number of benzene rings is 2. The first-order chi connectivity index (χ1) is 10.3. The molecule has 1 fully saturated rings. The van der Waals surface area contributed by atoms with Crippen molar-refractivity contribution in [3.05, 3.63) is 71.8 Å². The van der Waals surface area contributed by atoms with Crippen LogP contribution < -0.4 is 16.2 Å². The van der Waals surface area contributed by atoms with Gasteiger partial charge in [0.05, 0.1) is 6.04 Å². The van der Waals surface area contributed by atoms with Crippen LogP contribution in [0.3, 0.4) is 0 Å². The molecule has 0 saturated carbocycles. The zero-order valence-corrected chi connectivity index (χ0v) is 11.2. The van der Waals surface area contributed by atoms with Crippen LogP contribution in [-0.2, 0) is 4.79 Å². The molecule has 2 aromatic carbocycles. The highest BCUT2D eigenvalue weighted by Gasteiger charge is 2.36. The van der Waals surface area contributed by atoms with Gasteiger partial charge in [-0.3, -0.25) is 15.0 Å². The van der Waals surface area contributed by atoms with Crippen LogP contribution in [0.15, 0.2) is 60.7 Å². The van der Waals surface area contributed by atoms with Crippen LogP contribution in [0.1, 0.15) is 22.0 Å². The highest BCUT2D eigenvalue weighted by Crippen LogP contribution is 2.20. The van der Waals surface area contributed by atoms with Crippen molar-refractivity contribution in [2.24, 2.45) is 0 Å². The van der Waals surface area contributed by atoms with Gasteiger partial charge in [-0.25, -0.2) is 5.43 Å². The van der Waals surface area contributed by atoms with E-state index in [9.17, 15) is 9.59 Å². The van der Waals surface area contributed by atoms with Crippen molar-refractivity contribution in [2.45, 2.75) is 12.1 Å². The van der Waals surface area contributed by atoms with Crippen LogP contribution >= 0.6 is 0 Å². The molecule has 1 aliphatic rings. The quantitative estimate of drug-likeness (QED) is 0.790. The molecule has 1 saturated heterocycles. The Balaban J connectivity index is 1.79. The predicted molar refractivity (Wildman–Crippen MR) is 78.2 cm³/mol. The Hall–Kier alpha value is -2.66. The summed E-state index contributed by atoms with van der Waals surface area (Å²) >= 11 is 0. The smallest absolute Gasteiger partial charge is 0.258 e. The number of rotatable bonds is 3. The number of carbonyl (C=O) groups is 2. The van der Waals surface area contributed by atoms with E-state index in [1.54, 1.807) is 24.3 Å². The van der Waals surface area contributed by atoms with E-state index >= 15 is 0 Å². The van der Waals surface area contributed by atoms with Crippen molar-refractivity contribution in [2.75, 3.05) is 0 Å². The number of carbonyl (C=O) groups excluding carboxylic acids is 2. The van der Waals surface area contributed by atoms with Gasteiger partial charge >= 0.3 is 0 Å². The number of amides is 2. The summed E-state index contributed by atoms with van der Waals surface area (Å²) in [6.45, 7) is 0. The largest absolute Gasteiger partial charge is 0.338 e. The molecule has 106 valence electrons. The Kier molecular flexibility index (Phi) is 3.66. The molecular formula is C16H15N3O2. The fourth-order valence-electron chi connectivity index (χ4n) is 2.36. The second kappa shape index (κ2) is 5.76. The van der Waals surface area contributed by atoms with Crippen molar-refractivity contribution >= 4 is 11.8 Å². The second-order valence-electron chi connectivity index (χ2n) is 4.84. The van der Waals surface area contributed by atoms with Crippen molar-refractivity contribution in [3.8, 4) is 0 Å². The van der Waals surface area contributed by atoms with E-state index in [-0.39, 0.29) is 17.9 Å². The lowest BCUT2D eigenvalue weighted by Gasteiger charge is -2.18. The zero-order valence-electron chi connectivity index (χ0n) is 11.2. The number of nitrogens with one attached hydrogen (secondary N) is 3. The van der Waals surface area contributed by atoms with Gasteiger partial charge in [0.2, 0.25) is 0 Å². The van der Waals surface area contributed by atoms with Crippen molar-refractivity contribution in [1.29, 1.82) is 0 Å². The second-order valence-corrected chi connectivity index (χ2v) is 4.84. The summed E-state index contributed by atoms with van der Waals surface area (Å²) in [7, 11) is 0. The summed E-state index contributed by atoms with van der Waals surface area (Å²) in [6, 6.07) is 17.5. The Morgan fingerprint density at radius 2 is 1.57 bits per heavy atom. The molecule has 0 radical (unpaired) electrons. The van der Waals surface area contributed by atoms with Crippen LogP contribution in [0, 0.1) is 0 Å². The highest BCUT2D eigenvalue weighted by molar-refractivity contribution is 5.98. The minimum atomic E-state index is -0.639. The fourth-order valence-corrected chi connectivity index (χ4v) is 2.36. The molecule has 5 heteroatoms. The van der Waals surface area contributed by atoms with Gasteiger partial charge < -0.3 is 5.32 Å². The lowest BCUT2D eigenvalue weighted by atomic mass is 10.0. The van der Waals surface area contributed by atoms with Crippen molar-refractivity contribution in [1.82, 2.24) is 16.2 Å². The molecule has 0 unspecified atom stereocenters. The summed E-state index contributed by atoms with van der Waals surface area (Å²) in [4.78, 5) is 24.1. The van der Waals surface area contributed by atoms with E-state index in [1.165, 1.54) is 0 Å². The van der Waals surface area contributed by atoms with Crippen LogP contribution in [0.2, 0.25) is 0 Å². The van der Waals surface area contributed by atoms with E-state index < -0.39 is 6.04 Å². The molecular weight excluding hydrogens is 266 g/mol. The van der Waals surface area contributed by atoms with E-state index in [4.69, 9.17) is 0 Å². The lowest BCUT2D eigenvalue weighted by molar-refractivity contribution is -0.121. The average Bonchev–Trinajstić information content (AvgIpc) is 2.90. The maximum atomic E-state index is 12.2. The summed E-state index contributed by atoms with van der Waals surface area (Å²) in [5, 5.41) is 2.78. The minimum absolute atomic E-state index is 0.242. The van der Waals surface area contributed by atoms with Crippen molar-refractivity contribution in [3.63, 3.8) is 0 Å². The number of hydrogen-bond donors (Lipinski definition) is 3. The Morgan fingerprint density at radius 3 is 2.24 bits per heavy atom. The molecule has 21 heavy (non-hydrogen) atoms. The van der Waals surface area contributed by atoms with Crippen LogP contribution in [0.25, 0.3) is 0 Å². The predicted octanol–water partition coefficient (Wildman–Crippen LogP) is 1.16. The normalized spacial score (nSPS) is 20.9. The van der Waals surface area contributed by atoms with Gasteiger partial charge in [0, 0.05) is 5.56 Å². The zero-order chi connectivity index (χ0) is 14.7. The monoisotopic (exact) mass is 281 g/mol. The summed E-state index contributed by atoms with van der Waals surface area (Å²) in [6.07, 6.45) is 0. The molecule has 1 aliphatic heterocycles. The van der Waals surface area contributed by atoms with E-state index in [1.807, 2.05) is 36.4 Å². The van der Waals surface area contributed by atoms with Crippen LogP contribution in [-0.4, -0.2) is 17.9 Å². The van der Waals surface area contributed by atoms with E-state index in [2.05, 4.69) is 16.2 Å². The lowest BCUT2D eigenvalue weighted by Crippen LogP contribution is -2.42. The van der Waals surface area contributed by atoms with Gasteiger partial charge in [0.15, 0.2) is 0 Å². The van der Waals surface area contributed by atoms with E-state index in [0.29, 0.717) is 5.56 Å². The maximum absolute atomic E-state index is 12.2. The van der Waals surface area contributed by atoms with Gasteiger partial charge in [0.1, 0.15) is 6.04 Å². The van der Waals surface area contributed by atoms with Gasteiger partial charge in [-0.15, -0.1) is 0 Å². The Bertz CT molecular complexity index is 643. The molecule has 0 aromatic heterocycles. The number of hydrogen-bond acceptors (Lipinski definition) is 3. The highest BCUT2D eigenvalue weighted by atomic mass is 16.2. The van der Waals surface area contributed by atoms with Gasteiger partial charge in [0.25, 0.3) is 11.8 Å². The molecule has 3 rings (SSSR count). The number of hydrazine groups is 1. The van der Waals surface area contributed by atoms with E-state index in [0.717, 1.165) is 5.56 Å². The third-order valence-corrected chi connectivity index (χ3v) is 3.45. The van der Waals surface area contributed by atoms with Gasteiger partial charge in [-0.2, -0.15) is 0 Å². The minimum Gasteiger partial charge on any atom is -0.338 e. The van der Waals surface area contributed by atoms with Crippen LogP contribution in [0.5, 0.6) is 0 Å². The molecule has 2 atom stereocenters. The SMILES string of the molecule is O=C(N[C@@H]1C(=O)NN[C@@H]1c1ccccc1)c1ccccc1. The van der Waals surface area contributed by atoms with Crippen molar-refractivity contribution < 1.29 is 9.59 Å².